The molecule has 1 aliphatic carbocycles. The number of nitrogens with zero attached hydrogens (tertiary/aromatic N) is 1. The van der Waals surface area contributed by atoms with Crippen molar-refractivity contribution in [2.75, 3.05) is 13.1 Å². The fourth-order valence-electron chi connectivity index (χ4n) is 1.81. The van der Waals surface area contributed by atoms with Crippen LogP contribution in [-0.4, -0.2) is 36.9 Å². The maximum atomic E-state index is 13.6. The second-order valence-electron chi connectivity index (χ2n) is 4.71. The molecule has 0 atom stereocenters. The van der Waals surface area contributed by atoms with E-state index in [2.05, 4.69) is 0 Å². The van der Waals surface area contributed by atoms with Crippen molar-refractivity contribution in [1.29, 1.82) is 0 Å². The van der Waals surface area contributed by atoms with E-state index in [1.807, 2.05) is 0 Å². The van der Waals surface area contributed by atoms with Gasteiger partial charge in [0.2, 0.25) is 10.0 Å². The number of benzene rings is 1. The Labute approximate surface area is 114 Å². The first kappa shape index (κ1) is 14.9. The number of halogens is 2. The number of carbonyl (C=O) groups is 1. The van der Waals surface area contributed by atoms with Gasteiger partial charge in [0, 0.05) is 12.6 Å². The minimum Gasteiger partial charge on any atom is -0.480 e. The van der Waals surface area contributed by atoms with Gasteiger partial charge >= 0.3 is 5.97 Å². The van der Waals surface area contributed by atoms with Crippen LogP contribution < -0.4 is 0 Å². The molecule has 110 valence electrons. The largest absolute Gasteiger partial charge is 0.480 e. The zero-order valence-electron chi connectivity index (χ0n) is 10.4. The molecule has 0 heterocycles. The van der Waals surface area contributed by atoms with Crippen LogP contribution in [0.1, 0.15) is 12.8 Å². The van der Waals surface area contributed by atoms with Crippen molar-refractivity contribution >= 4 is 16.0 Å². The summed E-state index contributed by atoms with van der Waals surface area (Å²) in [6, 6.07) is 2.09. The van der Waals surface area contributed by atoms with Crippen LogP contribution in [0.4, 0.5) is 8.78 Å². The second kappa shape index (κ2) is 5.45. The van der Waals surface area contributed by atoms with E-state index in [0.717, 1.165) is 29.3 Å². The number of sulfonamides is 1. The molecule has 0 aliphatic heterocycles. The van der Waals surface area contributed by atoms with E-state index < -0.39 is 39.1 Å². The van der Waals surface area contributed by atoms with Crippen LogP contribution in [0.3, 0.4) is 0 Å². The summed E-state index contributed by atoms with van der Waals surface area (Å²) < 4.78 is 51.7. The second-order valence-corrected chi connectivity index (χ2v) is 6.62. The molecule has 0 aromatic heterocycles. The molecule has 0 amide bonds. The van der Waals surface area contributed by atoms with Gasteiger partial charge in [-0.3, -0.25) is 4.79 Å². The molecule has 2 rings (SSSR count). The lowest BCUT2D eigenvalue weighted by atomic mass is 10.3. The number of rotatable bonds is 6. The highest BCUT2D eigenvalue weighted by Crippen LogP contribution is 2.32. The SMILES string of the molecule is O=C(O)CN(CC1CC1)S(=O)(=O)c1ccc(F)cc1F. The summed E-state index contributed by atoms with van der Waals surface area (Å²) in [5.74, 6) is -3.34. The van der Waals surface area contributed by atoms with E-state index in [1.54, 1.807) is 0 Å². The molecule has 0 spiro atoms. The van der Waals surface area contributed by atoms with Gasteiger partial charge in [-0.25, -0.2) is 17.2 Å². The Morgan fingerprint density at radius 3 is 2.50 bits per heavy atom. The van der Waals surface area contributed by atoms with Crippen molar-refractivity contribution < 1.29 is 27.1 Å². The van der Waals surface area contributed by atoms with E-state index >= 15 is 0 Å². The molecule has 8 heteroatoms. The molecule has 1 aromatic rings. The average Bonchev–Trinajstić information content (AvgIpc) is 3.10. The first-order chi connectivity index (χ1) is 9.30. The molecule has 0 unspecified atom stereocenters. The summed E-state index contributed by atoms with van der Waals surface area (Å²) >= 11 is 0. The molecule has 0 radical (unpaired) electrons. The lowest BCUT2D eigenvalue weighted by molar-refractivity contribution is -0.137. The third-order valence-corrected chi connectivity index (χ3v) is 4.83. The molecule has 1 fully saturated rings. The Hall–Kier alpha value is -1.54. The molecule has 1 aliphatic rings. The molecule has 1 aromatic carbocycles. The van der Waals surface area contributed by atoms with Crippen LogP contribution in [0, 0.1) is 17.6 Å². The quantitative estimate of drug-likeness (QED) is 0.863. The molecule has 1 saturated carbocycles. The van der Waals surface area contributed by atoms with Gasteiger partial charge in [0.15, 0.2) is 0 Å². The van der Waals surface area contributed by atoms with Crippen molar-refractivity contribution in [3.8, 4) is 0 Å². The van der Waals surface area contributed by atoms with Gasteiger partial charge in [0.1, 0.15) is 23.1 Å². The fourth-order valence-corrected chi connectivity index (χ4v) is 3.32. The van der Waals surface area contributed by atoms with Crippen molar-refractivity contribution in [1.82, 2.24) is 4.31 Å². The normalized spacial score (nSPS) is 15.6. The Kier molecular flexibility index (Phi) is 4.05. The lowest BCUT2D eigenvalue weighted by Gasteiger charge is -2.20. The molecule has 20 heavy (non-hydrogen) atoms. The number of aliphatic carboxylic acids is 1. The predicted octanol–water partition coefficient (Wildman–Crippen LogP) is 1.45. The molecular formula is C12H13F2NO4S. The summed E-state index contributed by atoms with van der Waals surface area (Å²) in [4.78, 5) is 10.1. The monoisotopic (exact) mass is 305 g/mol. The lowest BCUT2D eigenvalue weighted by Crippen LogP contribution is -2.37. The Morgan fingerprint density at radius 2 is 2.00 bits per heavy atom. The standard InChI is InChI=1S/C12H13F2NO4S/c13-9-3-4-11(10(14)5-9)20(18,19)15(7-12(16)17)6-8-1-2-8/h3-5,8H,1-2,6-7H2,(H,16,17). The van der Waals surface area contributed by atoms with Crippen molar-refractivity contribution in [2.24, 2.45) is 5.92 Å². The smallest absolute Gasteiger partial charge is 0.318 e. The third-order valence-electron chi connectivity index (χ3n) is 2.98. The van der Waals surface area contributed by atoms with E-state index in [9.17, 15) is 22.0 Å². The van der Waals surface area contributed by atoms with Gasteiger partial charge in [-0.2, -0.15) is 4.31 Å². The Bertz CT molecular complexity index is 628. The number of hydrogen-bond donors (Lipinski definition) is 1. The summed E-state index contributed by atoms with van der Waals surface area (Å²) in [6.07, 6.45) is 1.63. The van der Waals surface area contributed by atoms with Gasteiger partial charge in [0.25, 0.3) is 0 Å². The molecule has 0 saturated heterocycles. The maximum absolute atomic E-state index is 13.6. The summed E-state index contributed by atoms with van der Waals surface area (Å²) in [6.45, 7) is -0.707. The number of hydrogen-bond acceptors (Lipinski definition) is 3. The van der Waals surface area contributed by atoms with E-state index in [-0.39, 0.29) is 12.5 Å². The first-order valence-electron chi connectivity index (χ1n) is 5.97. The maximum Gasteiger partial charge on any atom is 0.318 e. The Morgan fingerprint density at radius 1 is 1.35 bits per heavy atom. The highest BCUT2D eigenvalue weighted by atomic mass is 32.2. The van der Waals surface area contributed by atoms with Crippen LogP contribution in [0.5, 0.6) is 0 Å². The van der Waals surface area contributed by atoms with Crippen LogP contribution >= 0.6 is 0 Å². The fraction of sp³-hybridized carbons (Fsp3) is 0.417. The zero-order chi connectivity index (χ0) is 14.9. The van der Waals surface area contributed by atoms with Gasteiger partial charge in [0.05, 0.1) is 0 Å². The van der Waals surface area contributed by atoms with E-state index in [1.165, 1.54) is 0 Å². The van der Waals surface area contributed by atoms with Gasteiger partial charge < -0.3 is 5.11 Å². The van der Waals surface area contributed by atoms with Crippen molar-refractivity contribution in [3.05, 3.63) is 29.8 Å². The minimum atomic E-state index is -4.29. The highest BCUT2D eigenvalue weighted by Gasteiger charge is 2.34. The highest BCUT2D eigenvalue weighted by molar-refractivity contribution is 7.89. The van der Waals surface area contributed by atoms with Gasteiger partial charge in [-0.1, -0.05) is 0 Å². The zero-order valence-corrected chi connectivity index (χ0v) is 11.2. The topological polar surface area (TPSA) is 74.7 Å². The summed E-state index contributed by atoms with van der Waals surface area (Å²) in [7, 11) is -4.29. The first-order valence-corrected chi connectivity index (χ1v) is 7.41. The van der Waals surface area contributed by atoms with Crippen molar-refractivity contribution in [2.45, 2.75) is 17.7 Å². The molecular weight excluding hydrogens is 292 g/mol. The van der Waals surface area contributed by atoms with Gasteiger partial charge in [-0.15, -0.1) is 0 Å². The number of carboxylic acids is 1. The molecule has 5 nitrogen and oxygen atoms in total. The van der Waals surface area contributed by atoms with Crippen LogP contribution in [0.15, 0.2) is 23.1 Å². The van der Waals surface area contributed by atoms with E-state index in [4.69, 9.17) is 5.11 Å². The third kappa shape index (κ3) is 3.31. The summed E-state index contributed by atoms with van der Waals surface area (Å²) in [5.41, 5.74) is 0. The predicted molar refractivity (Wildman–Crippen MR) is 65.5 cm³/mol. The van der Waals surface area contributed by atoms with Crippen molar-refractivity contribution in [3.63, 3.8) is 0 Å². The minimum absolute atomic E-state index is 0.0332. The average molecular weight is 305 g/mol. The molecule has 0 bridgehead atoms. The number of carboxylic acid groups (broad SMARTS) is 1. The van der Waals surface area contributed by atoms with Crippen LogP contribution in [0.25, 0.3) is 0 Å². The van der Waals surface area contributed by atoms with Crippen LogP contribution in [0.2, 0.25) is 0 Å². The Balaban J connectivity index is 2.35. The van der Waals surface area contributed by atoms with E-state index in [0.29, 0.717) is 6.07 Å². The van der Waals surface area contributed by atoms with Gasteiger partial charge in [-0.05, 0) is 30.9 Å². The van der Waals surface area contributed by atoms with Crippen LogP contribution in [-0.2, 0) is 14.8 Å². The molecule has 1 N–H and O–H groups in total. The summed E-state index contributed by atoms with van der Waals surface area (Å²) in [5, 5.41) is 8.78.